The van der Waals surface area contributed by atoms with Crippen LogP contribution in [0.2, 0.25) is 0 Å². The zero-order valence-corrected chi connectivity index (χ0v) is 8.64. The molecule has 0 radical (unpaired) electrons. The van der Waals surface area contributed by atoms with E-state index in [1.54, 1.807) is 0 Å². The average Bonchev–Trinajstić information content (AvgIpc) is 2.63. The number of aliphatic imine (C=N–C) groups is 1. The predicted octanol–water partition coefficient (Wildman–Crippen LogP) is 2.77. The fourth-order valence-corrected chi connectivity index (χ4v) is 1.69. The lowest BCUT2D eigenvalue weighted by Gasteiger charge is -2.06. The van der Waals surface area contributed by atoms with Gasteiger partial charge >= 0.3 is 0 Å². The Morgan fingerprint density at radius 2 is 1.56 bits per heavy atom. The molecule has 3 N–H and O–H groups in total. The topological polar surface area (TPSA) is 50.4 Å². The zero-order chi connectivity index (χ0) is 11.0. The summed E-state index contributed by atoms with van der Waals surface area (Å²) in [7, 11) is 0. The quantitative estimate of drug-likeness (QED) is 0.709. The van der Waals surface area contributed by atoms with Crippen molar-refractivity contribution in [3.63, 3.8) is 0 Å². The number of hydrogen-bond acceptors (Lipinski definition) is 3. The Bertz CT molecular complexity index is 538. The molecular formula is C13H11N3. The summed E-state index contributed by atoms with van der Waals surface area (Å²) in [6.45, 7) is 0. The number of anilines is 2. The summed E-state index contributed by atoms with van der Waals surface area (Å²) < 4.78 is 0. The third-order valence-electron chi connectivity index (χ3n) is 2.56. The summed E-state index contributed by atoms with van der Waals surface area (Å²) in [5, 5.41) is 3.27. The maximum atomic E-state index is 5.66. The van der Waals surface area contributed by atoms with Crippen LogP contribution in [0, 0.1) is 0 Å². The van der Waals surface area contributed by atoms with Crippen LogP contribution >= 0.6 is 0 Å². The Balaban J connectivity index is 2.04. The monoisotopic (exact) mass is 209 g/mol. The lowest BCUT2D eigenvalue weighted by Crippen LogP contribution is -2.11. The maximum Gasteiger partial charge on any atom is 0.138 e. The van der Waals surface area contributed by atoms with Gasteiger partial charge in [0.25, 0.3) is 0 Å². The highest BCUT2D eigenvalue weighted by Gasteiger charge is 2.08. The van der Waals surface area contributed by atoms with E-state index in [0.717, 1.165) is 28.5 Å². The molecule has 0 amide bonds. The number of hydrogen-bond donors (Lipinski definition) is 2. The molecule has 0 aromatic heterocycles. The number of nitrogens with one attached hydrogen (secondary N) is 1. The Kier molecular flexibility index (Phi) is 1.90. The average molecular weight is 209 g/mol. The van der Waals surface area contributed by atoms with Gasteiger partial charge in [0.15, 0.2) is 0 Å². The van der Waals surface area contributed by atoms with Crippen LogP contribution in [0.25, 0.3) is 0 Å². The molecule has 2 bridgehead atoms. The van der Waals surface area contributed by atoms with Gasteiger partial charge in [0, 0.05) is 16.9 Å². The zero-order valence-electron chi connectivity index (χ0n) is 8.64. The van der Waals surface area contributed by atoms with Gasteiger partial charge in [-0.2, -0.15) is 0 Å². The van der Waals surface area contributed by atoms with Crippen LogP contribution < -0.4 is 11.1 Å². The summed E-state index contributed by atoms with van der Waals surface area (Å²) in [6, 6.07) is 15.7. The molecule has 3 nitrogen and oxygen atoms in total. The second kappa shape index (κ2) is 3.38. The molecule has 0 saturated carbocycles. The number of amidine groups is 1. The van der Waals surface area contributed by atoms with E-state index in [1.165, 1.54) is 0 Å². The standard InChI is InChI=1S/C13H11N3/c14-10-3-1-9(2-4-10)13-15-11-5-6-12(16-13)8-7-11/h1-8H,14H2,(H,15,16). The molecule has 2 aromatic carbocycles. The van der Waals surface area contributed by atoms with Crippen LogP contribution in [0.5, 0.6) is 0 Å². The molecule has 0 spiro atoms. The first-order chi connectivity index (χ1) is 7.81. The van der Waals surface area contributed by atoms with Crippen molar-refractivity contribution in [2.45, 2.75) is 0 Å². The van der Waals surface area contributed by atoms with Crippen molar-refractivity contribution in [3.05, 3.63) is 54.1 Å². The molecule has 0 atom stereocenters. The summed E-state index contributed by atoms with van der Waals surface area (Å²) >= 11 is 0. The maximum absolute atomic E-state index is 5.66. The predicted molar refractivity (Wildman–Crippen MR) is 67.1 cm³/mol. The molecule has 78 valence electrons. The summed E-state index contributed by atoms with van der Waals surface area (Å²) in [4.78, 5) is 4.52. The number of nitrogens with zero attached hydrogens (tertiary/aromatic N) is 1. The molecular weight excluding hydrogens is 198 g/mol. The normalized spacial score (nSPS) is 12.9. The summed E-state index contributed by atoms with van der Waals surface area (Å²) in [5.74, 6) is 0.861. The first kappa shape index (κ1) is 8.97. The molecule has 4 rings (SSSR count). The van der Waals surface area contributed by atoms with Gasteiger partial charge in [0.1, 0.15) is 5.84 Å². The lowest BCUT2D eigenvalue weighted by atomic mass is 10.2. The molecule has 0 fully saturated rings. The van der Waals surface area contributed by atoms with Crippen LogP contribution in [-0.2, 0) is 0 Å². The van der Waals surface area contributed by atoms with Crippen molar-refractivity contribution in [2.75, 3.05) is 11.1 Å². The third-order valence-corrected chi connectivity index (χ3v) is 2.56. The number of nitrogens with two attached hydrogens (primary N) is 1. The van der Waals surface area contributed by atoms with Gasteiger partial charge < -0.3 is 11.1 Å². The number of nitrogen functional groups attached to an aromatic ring is 1. The van der Waals surface area contributed by atoms with Crippen molar-refractivity contribution >= 4 is 22.9 Å². The van der Waals surface area contributed by atoms with Crippen molar-refractivity contribution in [1.82, 2.24) is 0 Å². The summed E-state index contributed by atoms with van der Waals surface area (Å²) in [6.07, 6.45) is 0. The molecule has 2 aromatic rings. The van der Waals surface area contributed by atoms with Crippen molar-refractivity contribution in [3.8, 4) is 0 Å². The van der Waals surface area contributed by atoms with E-state index in [2.05, 4.69) is 10.3 Å². The van der Waals surface area contributed by atoms with Crippen molar-refractivity contribution in [1.29, 1.82) is 0 Å². The summed E-state index contributed by atoms with van der Waals surface area (Å²) in [5.41, 5.74) is 9.47. The van der Waals surface area contributed by atoms with E-state index in [-0.39, 0.29) is 0 Å². The molecule has 0 aliphatic carbocycles. The molecule has 3 heteroatoms. The third kappa shape index (κ3) is 1.52. The smallest absolute Gasteiger partial charge is 0.138 e. The molecule has 0 unspecified atom stereocenters. The minimum atomic E-state index is 0.762. The second-order valence-corrected chi connectivity index (χ2v) is 3.75. The Morgan fingerprint density at radius 1 is 0.875 bits per heavy atom. The number of fused-ring (bicyclic) bond motifs is 3. The minimum absolute atomic E-state index is 0.762. The van der Waals surface area contributed by atoms with Crippen LogP contribution in [0.3, 0.4) is 0 Å². The van der Waals surface area contributed by atoms with E-state index in [4.69, 9.17) is 5.73 Å². The van der Waals surface area contributed by atoms with Gasteiger partial charge in [-0.3, -0.25) is 0 Å². The van der Waals surface area contributed by atoms with E-state index in [0.29, 0.717) is 0 Å². The largest absolute Gasteiger partial charge is 0.399 e. The van der Waals surface area contributed by atoms with Crippen LogP contribution in [0.1, 0.15) is 5.56 Å². The van der Waals surface area contributed by atoms with E-state index in [1.807, 2.05) is 48.5 Å². The van der Waals surface area contributed by atoms with Gasteiger partial charge in [0.05, 0.1) is 5.69 Å². The van der Waals surface area contributed by atoms with Gasteiger partial charge in [-0.1, -0.05) is 0 Å². The fourth-order valence-electron chi connectivity index (χ4n) is 1.69. The highest BCUT2D eigenvalue weighted by Crippen LogP contribution is 2.23. The van der Waals surface area contributed by atoms with E-state index in [9.17, 15) is 0 Å². The first-order valence-electron chi connectivity index (χ1n) is 5.13. The highest BCUT2D eigenvalue weighted by molar-refractivity contribution is 6.10. The van der Waals surface area contributed by atoms with Crippen LogP contribution in [0.4, 0.5) is 17.1 Å². The van der Waals surface area contributed by atoms with E-state index < -0.39 is 0 Å². The van der Waals surface area contributed by atoms with E-state index >= 15 is 0 Å². The van der Waals surface area contributed by atoms with Crippen LogP contribution in [-0.4, -0.2) is 5.84 Å². The number of benzene rings is 2. The van der Waals surface area contributed by atoms with Gasteiger partial charge in [-0.05, 0) is 48.5 Å². The molecule has 2 heterocycles. The lowest BCUT2D eigenvalue weighted by molar-refractivity contribution is 1.52. The molecule has 16 heavy (non-hydrogen) atoms. The Labute approximate surface area is 93.6 Å². The Hall–Kier alpha value is -2.29. The Morgan fingerprint density at radius 3 is 2.25 bits per heavy atom. The van der Waals surface area contributed by atoms with Gasteiger partial charge in [-0.15, -0.1) is 0 Å². The van der Waals surface area contributed by atoms with Crippen molar-refractivity contribution in [2.24, 2.45) is 4.99 Å². The number of rotatable bonds is 1. The molecule has 0 saturated heterocycles. The second-order valence-electron chi connectivity index (χ2n) is 3.75. The van der Waals surface area contributed by atoms with Crippen molar-refractivity contribution < 1.29 is 0 Å². The van der Waals surface area contributed by atoms with Gasteiger partial charge in [0.2, 0.25) is 0 Å². The molecule has 2 aliphatic heterocycles. The fraction of sp³-hybridized carbons (Fsp3) is 0. The van der Waals surface area contributed by atoms with Gasteiger partial charge in [-0.25, -0.2) is 4.99 Å². The highest BCUT2D eigenvalue weighted by atomic mass is 15.0. The first-order valence-corrected chi connectivity index (χ1v) is 5.13. The minimum Gasteiger partial charge on any atom is -0.399 e. The molecule has 2 aliphatic rings. The van der Waals surface area contributed by atoms with Crippen LogP contribution in [0.15, 0.2) is 53.5 Å². The SMILES string of the molecule is Nc1ccc(C2=Nc3ccc(cc3)N2)cc1.